The number of nitrogens with one attached hydrogen (secondary N) is 1. The van der Waals surface area contributed by atoms with Gasteiger partial charge in [-0.1, -0.05) is 15.9 Å². The Hall–Kier alpha value is -1.46. The van der Waals surface area contributed by atoms with E-state index in [2.05, 4.69) is 21.2 Å². The van der Waals surface area contributed by atoms with E-state index < -0.39 is 17.7 Å². The van der Waals surface area contributed by atoms with E-state index >= 15 is 0 Å². The molecule has 0 bridgehead atoms. The van der Waals surface area contributed by atoms with Gasteiger partial charge in [-0.05, 0) is 43.4 Å². The van der Waals surface area contributed by atoms with Gasteiger partial charge in [0.05, 0.1) is 0 Å². The van der Waals surface area contributed by atoms with Crippen molar-refractivity contribution in [2.45, 2.75) is 18.6 Å². The van der Waals surface area contributed by atoms with Crippen LogP contribution in [0, 0.1) is 11.6 Å². The summed E-state index contributed by atoms with van der Waals surface area (Å²) in [7, 11) is 1.85. The van der Waals surface area contributed by atoms with Crippen LogP contribution in [0.1, 0.15) is 29.7 Å². The summed E-state index contributed by atoms with van der Waals surface area (Å²) < 4.78 is 34.2. The molecule has 0 saturated carbocycles. The van der Waals surface area contributed by atoms with Gasteiger partial charge in [-0.2, -0.15) is 0 Å². The molecule has 0 saturated heterocycles. The van der Waals surface area contributed by atoms with Crippen LogP contribution < -0.4 is 10.1 Å². The Morgan fingerprint density at radius 3 is 2.71 bits per heavy atom. The van der Waals surface area contributed by atoms with Crippen LogP contribution in [0.3, 0.4) is 0 Å². The summed E-state index contributed by atoms with van der Waals surface area (Å²) in [5.74, 6) is -0.216. The molecule has 1 aliphatic heterocycles. The van der Waals surface area contributed by atoms with Gasteiger partial charge in [0.1, 0.15) is 23.5 Å². The second-order valence-electron chi connectivity index (χ2n) is 5.03. The van der Waals surface area contributed by atoms with Crippen LogP contribution in [0.25, 0.3) is 0 Å². The highest BCUT2D eigenvalue weighted by atomic mass is 79.9. The first kappa shape index (κ1) is 14.5. The predicted molar refractivity (Wildman–Crippen MR) is 80.3 cm³/mol. The molecule has 1 N–H and O–H groups in total. The molecule has 110 valence electrons. The van der Waals surface area contributed by atoms with Crippen LogP contribution >= 0.6 is 15.9 Å². The number of rotatable bonds is 2. The van der Waals surface area contributed by atoms with Crippen LogP contribution in [0.4, 0.5) is 8.78 Å². The lowest BCUT2D eigenvalue weighted by Gasteiger charge is -2.32. The van der Waals surface area contributed by atoms with Gasteiger partial charge in [0, 0.05) is 28.1 Å². The van der Waals surface area contributed by atoms with E-state index in [1.165, 1.54) is 6.07 Å². The Morgan fingerprint density at radius 2 is 1.95 bits per heavy atom. The summed E-state index contributed by atoms with van der Waals surface area (Å²) in [5.41, 5.74) is 1.27. The first-order chi connectivity index (χ1) is 10.1. The van der Waals surface area contributed by atoms with Crippen LogP contribution in [-0.4, -0.2) is 7.05 Å². The molecule has 2 unspecified atom stereocenters. The molecule has 2 atom stereocenters. The van der Waals surface area contributed by atoms with Crippen molar-refractivity contribution in [1.29, 1.82) is 0 Å². The molecular formula is C16H14BrF2NO. The van der Waals surface area contributed by atoms with Crippen molar-refractivity contribution in [3.63, 3.8) is 0 Å². The Balaban J connectivity index is 2.00. The van der Waals surface area contributed by atoms with Crippen molar-refractivity contribution >= 4 is 15.9 Å². The van der Waals surface area contributed by atoms with E-state index in [0.29, 0.717) is 12.2 Å². The third-order valence-electron chi connectivity index (χ3n) is 3.72. The highest BCUT2D eigenvalue weighted by Gasteiger charge is 2.30. The highest BCUT2D eigenvalue weighted by molar-refractivity contribution is 9.10. The maximum Gasteiger partial charge on any atom is 0.130 e. The molecule has 1 heterocycles. The summed E-state index contributed by atoms with van der Waals surface area (Å²) in [6, 6.07) is 9.18. The molecule has 21 heavy (non-hydrogen) atoms. The smallest absolute Gasteiger partial charge is 0.130 e. The molecule has 0 aromatic heterocycles. The Morgan fingerprint density at radius 1 is 1.14 bits per heavy atom. The summed E-state index contributed by atoms with van der Waals surface area (Å²) in [6.45, 7) is 0. The largest absolute Gasteiger partial charge is 0.485 e. The van der Waals surface area contributed by atoms with Gasteiger partial charge in [-0.15, -0.1) is 0 Å². The molecule has 0 fully saturated rings. The molecular weight excluding hydrogens is 340 g/mol. The number of ether oxygens (including phenoxy) is 1. The van der Waals surface area contributed by atoms with Gasteiger partial charge < -0.3 is 10.1 Å². The van der Waals surface area contributed by atoms with Crippen LogP contribution in [0.5, 0.6) is 5.75 Å². The molecule has 3 rings (SSSR count). The van der Waals surface area contributed by atoms with E-state index in [4.69, 9.17) is 4.74 Å². The summed E-state index contributed by atoms with van der Waals surface area (Å²) >= 11 is 3.44. The van der Waals surface area contributed by atoms with Gasteiger partial charge in [-0.3, -0.25) is 0 Å². The third-order valence-corrected chi connectivity index (χ3v) is 4.21. The zero-order valence-electron chi connectivity index (χ0n) is 11.4. The lowest BCUT2D eigenvalue weighted by Crippen LogP contribution is -2.27. The van der Waals surface area contributed by atoms with E-state index in [1.54, 1.807) is 0 Å². The summed E-state index contributed by atoms with van der Waals surface area (Å²) in [6.07, 6.45) is 0.0344. The monoisotopic (exact) mass is 353 g/mol. The van der Waals surface area contributed by atoms with Crippen molar-refractivity contribution in [3.05, 3.63) is 63.6 Å². The zero-order valence-corrected chi connectivity index (χ0v) is 13.0. The van der Waals surface area contributed by atoms with E-state index in [0.717, 1.165) is 22.2 Å². The zero-order chi connectivity index (χ0) is 15.0. The molecule has 0 radical (unpaired) electrons. The number of hydrogen-bond acceptors (Lipinski definition) is 2. The average molecular weight is 354 g/mol. The molecule has 1 aliphatic rings. The number of fused-ring (bicyclic) bond motifs is 1. The molecule has 5 heteroatoms. The van der Waals surface area contributed by atoms with Crippen LogP contribution in [-0.2, 0) is 0 Å². The highest BCUT2D eigenvalue weighted by Crippen LogP contribution is 2.42. The normalized spacial score (nSPS) is 20.8. The topological polar surface area (TPSA) is 21.3 Å². The first-order valence-corrected chi connectivity index (χ1v) is 7.46. The maximum absolute atomic E-state index is 14.0. The van der Waals surface area contributed by atoms with Crippen molar-refractivity contribution < 1.29 is 13.5 Å². The minimum Gasteiger partial charge on any atom is -0.485 e. The molecule has 0 amide bonds. The fourth-order valence-electron chi connectivity index (χ4n) is 2.67. The third kappa shape index (κ3) is 2.80. The van der Waals surface area contributed by atoms with E-state index in [-0.39, 0.29) is 11.6 Å². The van der Waals surface area contributed by atoms with Crippen molar-refractivity contribution in [2.24, 2.45) is 0 Å². The van der Waals surface area contributed by atoms with Crippen molar-refractivity contribution in [3.8, 4) is 5.75 Å². The number of benzene rings is 2. The average Bonchev–Trinajstić information content (AvgIpc) is 2.48. The summed E-state index contributed by atoms with van der Waals surface area (Å²) in [5, 5.41) is 3.20. The van der Waals surface area contributed by atoms with E-state index in [9.17, 15) is 8.78 Å². The van der Waals surface area contributed by atoms with Gasteiger partial charge in [0.2, 0.25) is 0 Å². The molecule has 0 aliphatic carbocycles. The minimum absolute atomic E-state index is 0.0268. The van der Waals surface area contributed by atoms with E-state index in [1.807, 2.05) is 25.2 Å². The second-order valence-corrected chi connectivity index (χ2v) is 5.95. The maximum atomic E-state index is 14.0. The summed E-state index contributed by atoms with van der Waals surface area (Å²) in [4.78, 5) is 0. The Bertz CT molecular complexity index is 677. The fourth-order valence-corrected chi connectivity index (χ4v) is 3.05. The van der Waals surface area contributed by atoms with Crippen LogP contribution in [0.2, 0.25) is 0 Å². The number of hydrogen-bond donors (Lipinski definition) is 1. The molecule has 2 aromatic rings. The lowest BCUT2D eigenvalue weighted by molar-refractivity contribution is 0.149. The number of halogens is 3. The fraction of sp³-hybridized carbons (Fsp3) is 0.250. The second kappa shape index (κ2) is 5.73. The predicted octanol–water partition coefficient (Wildman–Crippen LogP) is 4.51. The van der Waals surface area contributed by atoms with Gasteiger partial charge in [0.15, 0.2) is 0 Å². The standard InChI is InChI=1S/C16H14BrF2NO/c1-20-14-8-16(11-7-10(18)3-4-13(11)19)21-15-5-2-9(17)6-12(14)15/h2-7,14,16,20H,8H2,1H3. The quantitative estimate of drug-likeness (QED) is 0.857. The SMILES string of the molecule is CNC1CC(c2cc(F)ccc2F)Oc2ccc(Br)cc21. The van der Waals surface area contributed by atoms with Gasteiger partial charge in [0.25, 0.3) is 0 Å². The van der Waals surface area contributed by atoms with Gasteiger partial charge in [-0.25, -0.2) is 8.78 Å². The van der Waals surface area contributed by atoms with Crippen molar-refractivity contribution in [1.82, 2.24) is 5.32 Å². The Labute approximate surface area is 130 Å². The molecule has 2 aromatic carbocycles. The lowest BCUT2D eigenvalue weighted by atomic mass is 9.93. The Kier molecular flexibility index (Phi) is 3.95. The van der Waals surface area contributed by atoms with Gasteiger partial charge >= 0.3 is 0 Å². The molecule has 2 nitrogen and oxygen atoms in total. The first-order valence-electron chi connectivity index (χ1n) is 6.67. The molecule has 0 spiro atoms. The van der Waals surface area contributed by atoms with Crippen molar-refractivity contribution in [2.75, 3.05) is 7.05 Å². The van der Waals surface area contributed by atoms with Crippen LogP contribution in [0.15, 0.2) is 40.9 Å². The minimum atomic E-state index is -0.508.